The first-order valence-electron chi connectivity index (χ1n) is 6.41. The summed E-state index contributed by atoms with van der Waals surface area (Å²) < 4.78 is 14.0. The topological polar surface area (TPSA) is 60.9 Å². The van der Waals surface area contributed by atoms with Crippen LogP contribution in [0.2, 0.25) is 0 Å². The summed E-state index contributed by atoms with van der Waals surface area (Å²) in [6.07, 6.45) is 0.135. The van der Waals surface area contributed by atoms with Crippen molar-refractivity contribution in [3.63, 3.8) is 0 Å². The third-order valence-corrected chi connectivity index (χ3v) is 3.01. The van der Waals surface area contributed by atoms with Crippen molar-refractivity contribution in [2.75, 3.05) is 5.73 Å². The van der Waals surface area contributed by atoms with Crippen LogP contribution in [-0.4, -0.2) is 15.7 Å². The van der Waals surface area contributed by atoms with E-state index in [1.54, 1.807) is 18.2 Å². The molecular weight excluding hydrogens is 257 g/mol. The minimum Gasteiger partial charge on any atom is -0.383 e. The Morgan fingerprint density at radius 2 is 1.90 bits per heavy atom. The smallest absolute Gasteiger partial charge is 0.253 e. The second-order valence-electron chi connectivity index (χ2n) is 5.81. The van der Waals surface area contributed by atoms with Gasteiger partial charge in [-0.15, -0.1) is 0 Å². The Morgan fingerprint density at radius 1 is 1.30 bits per heavy atom. The quantitative estimate of drug-likeness (QED) is 0.916. The van der Waals surface area contributed by atoms with E-state index in [0.717, 1.165) is 11.3 Å². The minimum absolute atomic E-state index is 0.135. The maximum Gasteiger partial charge on any atom is 0.253 e. The molecule has 2 rings (SSSR count). The fourth-order valence-electron chi connectivity index (χ4n) is 1.81. The summed E-state index contributed by atoms with van der Waals surface area (Å²) in [5, 5.41) is 4.26. The SMILES string of the molecule is CC(C)(C)c1cc(N)n(C(=O)Cc2ccc(F)cc2)n1. The Hall–Kier alpha value is -2.17. The molecule has 2 aromatic rings. The van der Waals surface area contributed by atoms with Gasteiger partial charge in [-0.3, -0.25) is 4.79 Å². The van der Waals surface area contributed by atoms with Crippen LogP contribution in [0.25, 0.3) is 0 Å². The third kappa shape index (κ3) is 3.04. The monoisotopic (exact) mass is 275 g/mol. The van der Waals surface area contributed by atoms with Crippen LogP contribution in [0, 0.1) is 5.82 Å². The van der Waals surface area contributed by atoms with Crippen LogP contribution < -0.4 is 5.73 Å². The van der Waals surface area contributed by atoms with Gasteiger partial charge in [0.2, 0.25) is 0 Å². The van der Waals surface area contributed by atoms with Crippen LogP contribution in [0.3, 0.4) is 0 Å². The van der Waals surface area contributed by atoms with Crippen molar-refractivity contribution in [3.05, 3.63) is 47.4 Å². The third-order valence-electron chi connectivity index (χ3n) is 3.01. The largest absolute Gasteiger partial charge is 0.383 e. The second-order valence-corrected chi connectivity index (χ2v) is 5.81. The maximum atomic E-state index is 12.8. The molecule has 0 aliphatic heterocycles. The molecule has 0 radical (unpaired) electrons. The molecule has 0 bridgehead atoms. The molecule has 2 N–H and O–H groups in total. The molecule has 0 aliphatic carbocycles. The van der Waals surface area contributed by atoms with E-state index in [1.165, 1.54) is 16.8 Å². The molecule has 20 heavy (non-hydrogen) atoms. The molecule has 0 unspecified atom stereocenters. The van der Waals surface area contributed by atoms with E-state index in [0.29, 0.717) is 5.82 Å². The van der Waals surface area contributed by atoms with Crippen molar-refractivity contribution in [1.29, 1.82) is 0 Å². The number of carbonyl (C=O) groups is 1. The number of benzene rings is 1. The average Bonchev–Trinajstić information content (AvgIpc) is 2.74. The predicted octanol–water partition coefficient (Wildman–Crippen LogP) is 2.78. The van der Waals surface area contributed by atoms with Crippen LogP contribution >= 0.6 is 0 Å². The Morgan fingerprint density at radius 3 is 2.40 bits per heavy atom. The molecule has 1 heterocycles. The molecule has 0 fully saturated rings. The summed E-state index contributed by atoms with van der Waals surface area (Å²) in [5.74, 6) is -0.235. The Kier molecular flexibility index (Phi) is 3.61. The van der Waals surface area contributed by atoms with E-state index in [-0.39, 0.29) is 23.6 Å². The van der Waals surface area contributed by atoms with Crippen molar-refractivity contribution in [2.24, 2.45) is 0 Å². The summed E-state index contributed by atoms with van der Waals surface area (Å²) in [4.78, 5) is 12.2. The molecule has 106 valence electrons. The lowest BCUT2D eigenvalue weighted by atomic mass is 9.92. The fourth-order valence-corrected chi connectivity index (χ4v) is 1.81. The lowest BCUT2D eigenvalue weighted by Crippen LogP contribution is -2.19. The average molecular weight is 275 g/mol. The molecule has 0 spiro atoms. The molecule has 0 saturated heterocycles. The minimum atomic E-state index is -0.324. The number of rotatable bonds is 2. The first-order chi connectivity index (χ1) is 9.27. The summed E-state index contributed by atoms with van der Waals surface area (Å²) >= 11 is 0. The zero-order valence-corrected chi connectivity index (χ0v) is 11.9. The Labute approximate surface area is 117 Å². The van der Waals surface area contributed by atoms with Gasteiger partial charge >= 0.3 is 0 Å². The van der Waals surface area contributed by atoms with Gasteiger partial charge < -0.3 is 5.73 Å². The van der Waals surface area contributed by atoms with Gasteiger partial charge in [0.25, 0.3) is 5.91 Å². The maximum absolute atomic E-state index is 12.8. The van der Waals surface area contributed by atoms with E-state index in [4.69, 9.17) is 5.73 Å². The first-order valence-corrected chi connectivity index (χ1v) is 6.41. The summed E-state index contributed by atoms with van der Waals surface area (Å²) in [5.41, 5.74) is 7.16. The van der Waals surface area contributed by atoms with Crippen LogP contribution in [-0.2, 0) is 11.8 Å². The fraction of sp³-hybridized carbons (Fsp3) is 0.333. The van der Waals surface area contributed by atoms with E-state index >= 15 is 0 Å². The number of anilines is 1. The first kappa shape index (κ1) is 14.2. The number of aromatic nitrogens is 2. The van der Waals surface area contributed by atoms with Crippen LogP contribution in [0.5, 0.6) is 0 Å². The lowest BCUT2D eigenvalue weighted by molar-refractivity contribution is 0.0900. The van der Waals surface area contributed by atoms with E-state index in [9.17, 15) is 9.18 Å². The lowest BCUT2D eigenvalue weighted by Gasteiger charge is -2.13. The number of hydrogen-bond donors (Lipinski definition) is 1. The van der Waals surface area contributed by atoms with Crippen molar-refractivity contribution >= 4 is 11.7 Å². The molecule has 1 aromatic heterocycles. The van der Waals surface area contributed by atoms with E-state index < -0.39 is 0 Å². The Balaban J connectivity index is 2.21. The van der Waals surface area contributed by atoms with Crippen molar-refractivity contribution < 1.29 is 9.18 Å². The van der Waals surface area contributed by atoms with E-state index in [1.807, 2.05) is 20.8 Å². The highest BCUT2D eigenvalue weighted by atomic mass is 19.1. The molecule has 0 amide bonds. The Bertz CT molecular complexity index is 624. The summed E-state index contributed by atoms with van der Waals surface area (Å²) in [6.45, 7) is 6.01. The molecule has 1 aromatic carbocycles. The van der Waals surface area contributed by atoms with Gasteiger partial charge in [0.05, 0.1) is 12.1 Å². The molecule has 0 atom stereocenters. The van der Waals surface area contributed by atoms with E-state index in [2.05, 4.69) is 5.10 Å². The summed E-state index contributed by atoms with van der Waals surface area (Å²) in [6, 6.07) is 7.53. The highest BCUT2D eigenvalue weighted by Gasteiger charge is 2.21. The zero-order valence-electron chi connectivity index (χ0n) is 11.9. The van der Waals surface area contributed by atoms with Gasteiger partial charge in [-0.25, -0.2) is 4.39 Å². The standard InChI is InChI=1S/C15H18FN3O/c1-15(2,3)12-9-13(17)19(18-12)14(20)8-10-4-6-11(16)7-5-10/h4-7,9H,8,17H2,1-3H3. The molecule has 5 heteroatoms. The number of nitrogens with two attached hydrogens (primary N) is 1. The van der Waals surface area contributed by atoms with Crippen molar-refractivity contribution in [3.8, 4) is 0 Å². The number of nitrogens with zero attached hydrogens (tertiary/aromatic N) is 2. The van der Waals surface area contributed by atoms with Gasteiger partial charge in [0.15, 0.2) is 0 Å². The van der Waals surface area contributed by atoms with Gasteiger partial charge in [0.1, 0.15) is 11.6 Å². The molecular formula is C15H18FN3O. The highest BCUT2D eigenvalue weighted by Crippen LogP contribution is 2.22. The number of carbonyl (C=O) groups excluding carboxylic acids is 1. The number of nitrogen functional groups attached to an aromatic ring is 1. The highest BCUT2D eigenvalue weighted by molar-refractivity contribution is 5.83. The van der Waals surface area contributed by atoms with Crippen molar-refractivity contribution in [1.82, 2.24) is 9.78 Å². The van der Waals surface area contributed by atoms with Gasteiger partial charge in [-0.1, -0.05) is 32.9 Å². The predicted molar refractivity (Wildman–Crippen MR) is 76.1 cm³/mol. The van der Waals surface area contributed by atoms with Crippen LogP contribution in [0.15, 0.2) is 30.3 Å². The van der Waals surface area contributed by atoms with Gasteiger partial charge in [-0.05, 0) is 17.7 Å². The zero-order chi connectivity index (χ0) is 14.9. The molecule has 4 nitrogen and oxygen atoms in total. The number of hydrogen-bond acceptors (Lipinski definition) is 3. The van der Waals surface area contributed by atoms with Gasteiger partial charge in [-0.2, -0.15) is 9.78 Å². The number of halogens is 1. The van der Waals surface area contributed by atoms with Crippen molar-refractivity contribution in [2.45, 2.75) is 32.6 Å². The van der Waals surface area contributed by atoms with Crippen LogP contribution in [0.1, 0.15) is 36.8 Å². The molecule has 0 aliphatic rings. The second kappa shape index (κ2) is 5.07. The van der Waals surface area contributed by atoms with Crippen LogP contribution in [0.4, 0.5) is 10.2 Å². The molecule has 0 saturated carbocycles. The normalized spacial score (nSPS) is 11.6. The van der Waals surface area contributed by atoms with Gasteiger partial charge in [0, 0.05) is 11.5 Å². The summed E-state index contributed by atoms with van der Waals surface area (Å²) in [7, 11) is 0.